The van der Waals surface area contributed by atoms with Gasteiger partial charge in [0.2, 0.25) is 15.9 Å². The van der Waals surface area contributed by atoms with Crippen molar-refractivity contribution in [3.8, 4) is 5.75 Å². The van der Waals surface area contributed by atoms with Crippen LogP contribution >= 0.6 is 0 Å². The Morgan fingerprint density at radius 1 is 1.07 bits per heavy atom. The Kier molecular flexibility index (Phi) is 6.63. The molecule has 0 bridgehead atoms. The number of methoxy groups -OCH3 is 2. The standard InChI is InChI=1S/C19H22N2O6S/c1-13-14(19(23)27-3)8-7-9-15(13)20-18(22)12-21(28(4,24)25)16-10-5-6-11-17(16)26-2/h5-11H,12H2,1-4H3,(H,20,22). The predicted molar refractivity (Wildman–Crippen MR) is 106 cm³/mol. The van der Waals surface area contributed by atoms with E-state index in [9.17, 15) is 18.0 Å². The number of sulfonamides is 1. The van der Waals surface area contributed by atoms with Gasteiger partial charge in [-0.05, 0) is 36.8 Å². The van der Waals surface area contributed by atoms with Crippen molar-refractivity contribution < 1.29 is 27.5 Å². The van der Waals surface area contributed by atoms with E-state index in [0.29, 0.717) is 22.6 Å². The molecule has 2 aromatic rings. The molecule has 2 aromatic carbocycles. The van der Waals surface area contributed by atoms with E-state index in [4.69, 9.17) is 9.47 Å². The maximum atomic E-state index is 12.6. The lowest BCUT2D eigenvalue weighted by Gasteiger charge is -2.24. The van der Waals surface area contributed by atoms with Gasteiger partial charge in [-0.3, -0.25) is 9.10 Å². The molecule has 0 aliphatic carbocycles. The summed E-state index contributed by atoms with van der Waals surface area (Å²) in [5.74, 6) is -0.772. The van der Waals surface area contributed by atoms with Crippen LogP contribution in [0.2, 0.25) is 0 Å². The quantitative estimate of drug-likeness (QED) is 0.707. The molecule has 9 heteroatoms. The van der Waals surface area contributed by atoms with Crippen molar-refractivity contribution in [1.82, 2.24) is 0 Å². The molecule has 0 aliphatic heterocycles. The lowest BCUT2D eigenvalue weighted by atomic mass is 10.1. The molecule has 8 nitrogen and oxygen atoms in total. The predicted octanol–water partition coefficient (Wildman–Crippen LogP) is 2.19. The van der Waals surface area contributed by atoms with Crippen LogP contribution in [-0.4, -0.2) is 47.3 Å². The van der Waals surface area contributed by atoms with Crippen LogP contribution in [0.5, 0.6) is 5.75 Å². The van der Waals surface area contributed by atoms with E-state index in [-0.39, 0.29) is 5.69 Å². The van der Waals surface area contributed by atoms with Crippen LogP contribution in [0.4, 0.5) is 11.4 Å². The zero-order valence-corrected chi connectivity index (χ0v) is 16.9. The summed E-state index contributed by atoms with van der Waals surface area (Å²) in [4.78, 5) is 24.4. The lowest BCUT2D eigenvalue weighted by Crippen LogP contribution is -2.37. The normalized spacial score (nSPS) is 10.9. The molecular formula is C19H22N2O6S. The number of hydrogen-bond donors (Lipinski definition) is 1. The van der Waals surface area contributed by atoms with E-state index >= 15 is 0 Å². The van der Waals surface area contributed by atoms with E-state index in [1.54, 1.807) is 49.4 Å². The number of rotatable bonds is 7. The second-order valence-electron chi connectivity index (χ2n) is 5.96. The molecule has 0 saturated carbocycles. The summed E-state index contributed by atoms with van der Waals surface area (Å²) in [6, 6.07) is 11.3. The fourth-order valence-electron chi connectivity index (χ4n) is 2.64. The Labute approximate surface area is 164 Å². The fourth-order valence-corrected chi connectivity index (χ4v) is 3.50. The maximum absolute atomic E-state index is 12.6. The molecule has 0 heterocycles. The van der Waals surface area contributed by atoms with Crippen LogP contribution in [0.25, 0.3) is 0 Å². The first-order chi connectivity index (χ1) is 13.2. The van der Waals surface area contributed by atoms with Crippen molar-refractivity contribution in [3.63, 3.8) is 0 Å². The number of benzene rings is 2. The molecule has 0 aliphatic rings. The van der Waals surface area contributed by atoms with Crippen LogP contribution in [0.1, 0.15) is 15.9 Å². The molecule has 1 N–H and O–H groups in total. The number of amides is 1. The average molecular weight is 406 g/mol. The Bertz CT molecular complexity index is 988. The van der Waals surface area contributed by atoms with Gasteiger partial charge in [0.1, 0.15) is 12.3 Å². The zero-order chi connectivity index (χ0) is 20.9. The number of ether oxygens (including phenoxy) is 2. The highest BCUT2D eigenvalue weighted by atomic mass is 32.2. The molecule has 1 amide bonds. The van der Waals surface area contributed by atoms with E-state index in [1.807, 2.05) is 0 Å². The fraction of sp³-hybridized carbons (Fsp3) is 0.263. The Morgan fingerprint density at radius 3 is 2.36 bits per heavy atom. The van der Waals surface area contributed by atoms with Gasteiger partial charge in [-0.25, -0.2) is 13.2 Å². The van der Waals surface area contributed by atoms with Gasteiger partial charge in [-0.2, -0.15) is 0 Å². The lowest BCUT2D eigenvalue weighted by molar-refractivity contribution is -0.114. The smallest absolute Gasteiger partial charge is 0.338 e. The molecule has 0 fully saturated rings. The van der Waals surface area contributed by atoms with Crippen LogP contribution in [0.3, 0.4) is 0 Å². The van der Waals surface area contributed by atoms with Crippen molar-refractivity contribution >= 4 is 33.3 Å². The van der Waals surface area contributed by atoms with E-state index in [2.05, 4.69) is 5.32 Å². The summed E-state index contributed by atoms with van der Waals surface area (Å²) in [6.07, 6.45) is 1.01. The highest BCUT2D eigenvalue weighted by Gasteiger charge is 2.24. The number of nitrogens with zero attached hydrogens (tertiary/aromatic N) is 1. The summed E-state index contributed by atoms with van der Waals surface area (Å²) >= 11 is 0. The van der Waals surface area contributed by atoms with Crippen molar-refractivity contribution in [2.45, 2.75) is 6.92 Å². The second-order valence-corrected chi connectivity index (χ2v) is 7.87. The highest BCUT2D eigenvalue weighted by Crippen LogP contribution is 2.29. The molecule has 2 rings (SSSR count). The van der Waals surface area contributed by atoms with Gasteiger partial charge >= 0.3 is 5.97 Å². The molecule has 0 aromatic heterocycles. The zero-order valence-electron chi connectivity index (χ0n) is 16.1. The number of hydrogen-bond acceptors (Lipinski definition) is 6. The third-order valence-electron chi connectivity index (χ3n) is 4.05. The monoisotopic (exact) mass is 406 g/mol. The van der Waals surface area contributed by atoms with Crippen molar-refractivity contribution in [1.29, 1.82) is 0 Å². The maximum Gasteiger partial charge on any atom is 0.338 e. The summed E-state index contributed by atoms with van der Waals surface area (Å²) in [5.41, 5.74) is 1.47. The van der Waals surface area contributed by atoms with Gasteiger partial charge in [0.15, 0.2) is 0 Å². The Morgan fingerprint density at radius 2 is 1.75 bits per heavy atom. The SMILES string of the molecule is COC(=O)c1cccc(NC(=O)CN(c2ccccc2OC)S(C)(=O)=O)c1C. The molecule has 28 heavy (non-hydrogen) atoms. The van der Waals surface area contributed by atoms with E-state index in [1.165, 1.54) is 14.2 Å². The largest absolute Gasteiger partial charge is 0.495 e. The molecule has 150 valence electrons. The van der Waals surface area contributed by atoms with Crippen LogP contribution in [0.15, 0.2) is 42.5 Å². The average Bonchev–Trinajstić information content (AvgIpc) is 2.66. The highest BCUT2D eigenvalue weighted by molar-refractivity contribution is 7.92. The van der Waals surface area contributed by atoms with Crippen molar-refractivity contribution in [2.24, 2.45) is 0 Å². The van der Waals surface area contributed by atoms with Gasteiger partial charge in [-0.15, -0.1) is 0 Å². The van der Waals surface area contributed by atoms with Gasteiger partial charge in [0.25, 0.3) is 0 Å². The number of anilines is 2. The summed E-state index contributed by atoms with van der Waals surface area (Å²) in [6.45, 7) is 1.21. The first-order valence-corrected chi connectivity index (χ1v) is 10.1. The summed E-state index contributed by atoms with van der Waals surface area (Å²) in [7, 11) is -1.07. The number of carbonyl (C=O) groups is 2. The minimum atomic E-state index is -3.76. The second kappa shape index (κ2) is 8.75. The molecule has 0 atom stereocenters. The summed E-state index contributed by atoms with van der Waals surface area (Å²) < 4.78 is 35.4. The first-order valence-electron chi connectivity index (χ1n) is 8.27. The van der Waals surface area contributed by atoms with E-state index < -0.39 is 28.4 Å². The number of para-hydroxylation sites is 2. The number of nitrogens with one attached hydrogen (secondary N) is 1. The number of esters is 1. The minimum Gasteiger partial charge on any atom is -0.495 e. The van der Waals surface area contributed by atoms with E-state index in [0.717, 1.165) is 10.6 Å². The minimum absolute atomic E-state index is 0.252. The van der Waals surface area contributed by atoms with Gasteiger partial charge in [-0.1, -0.05) is 18.2 Å². The first kappa shape index (κ1) is 21.2. The van der Waals surface area contributed by atoms with Crippen LogP contribution in [0, 0.1) is 6.92 Å². The third-order valence-corrected chi connectivity index (χ3v) is 5.18. The van der Waals surface area contributed by atoms with Gasteiger partial charge in [0.05, 0.1) is 31.7 Å². The topological polar surface area (TPSA) is 102 Å². The Balaban J connectivity index is 2.30. The van der Waals surface area contributed by atoms with Gasteiger partial charge < -0.3 is 14.8 Å². The van der Waals surface area contributed by atoms with Gasteiger partial charge in [0, 0.05) is 5.69 Å². The molecule has 0 spiro atoms. The number of carbonyl (C=O) groups excluding carboxylic acids is 2. The van der Waals surface area contributed by atoms with Crippen molar-refractivity contribution in [3.05, 3.63) is 53.6 Å². The third kappa shape index (κ3) is 4.80. The summed E-state index contributed by atoms with van der Waals surface area (Å²) in [5, 5.41) is 2.65. The molecule has 0 unspecified atom stereocenters. The molecule has 0 saturated heterocycles. The van der Waals surface area contributed by atoms with Crippen molar-refractivity contribution in [2.75, 3.05) is 36.6 Å². The van der Waals surface area contributed by atoms with Crippen LogP contribution < -0.4 is 14.4 Å². The molecule has 0 radical (unpaired) electrons. The molecular weight excluding hydrogens is 384 g/mol. The Hall–Kier alpha value is -3.07. The van der Waals surface area contributed by atoms with Crippen LogP contribution in [-0.2, 0) is 19.6 Å².